The molecule has 1 saturated heterocycles. The van der Waals surface area contributed by atoms with Gasteiger partial charge in [0.2, 0.25) is 0 Å². The summed E-state index contributed by atoms with van der Waals surface area (Å²) in [7, 11) is 3.64. The maximum absolute atomic E-state index is 13.7. The van der Waals surface area contributed by atoms with Crippen LogP contribution in [-0.4, -0.2) is 58.4 Å². The highest BCUT2D eigenvalue weighted by Gasteiger charge is 2.28. The van der Waals surface area contributed by atoms with Gasteiger partial charge in [0.25, 0.3) is 5.91 Å². The Labute approximate surface area is 203 Å². The molecule has 1 aliphatic heterocycles. The highest BCUT2D eigenvalue weighted by atomic mass is 35.5. The Morgan fingerprint density at radius 2 is 1.65 bits per heavy atom. The van der Waals surface area contributed by atoms with Crippen LogP contribution in [0.2, 0.25) is 5.02 Å². The molecule has 0 bridgehead atoms. The summed E-state index contributed by atoms with van der Waals surface area (Å²) in [4.78, 5) is 17.8. The number of carbonyl (C=O) groups is 1. The van der Waals surface area contributed by atoms with Gasteiger partial charge >= 0.3 is 0 Å². The van der Waals surface area contributed by atoms with E-state index in [9.17, 15) is 4.79 Å². The number of carbonyl (C=O) groups excluding carboxylic acids is 1. The van der Waals surface area contributed by atoms with E-state index in [1.807, 2.05) is 77.3 Å². The first kappa shape index (κ1) is 22.1. The van der Waals surface area contributed by atoms with Crippen molar-refractivity contribution in [3.05, 3.63) is 83.6 Å². The first-order valence-electron chi connectivity index (χ1n) is 11.2. The van der Waals surface area contributed by atoms with Crippen molar-refractivity contribution in [2.45, 2.75) is 0 Å². The Balaban J connectivity index is 1.44. The number of nitrogens with zero attached hydrogens (tertiary/aromatic N) is 5. The summed E-state index contributed by atoms with van der Waals surface area (Å²) in [6, 6.07) is 21.2. The maximum Gasteiger partial charge on any atom is 0.272 e. The fraction of sp³-hybridized carbons (Fsp3) is 0.231. The number of aryl methyl sites for hydroxylation is 1. The monoisotopic (exact) mass is 475 g/mol. The minimum absolute atomic E-state index is 0.0624. The number of hydrogen-bond donors (Lipinski definition) is 0. The van der Waals surface area contributed by atoms with Crippen molar-refractivity contribution in [2.24, 2.45) is 7.05 Å². The number of hydrogen-bond acceptors (Lipinski definition) is 4. The van der Waals surface area contributed by atoms with Gasteiger partial charge in [0, 0.05) is 39.4 Å². The number of halogens is 1. The van der Waals surface area contributed by atoms with Crippen LogP contribution >= 0.6 is 11.6 Å². The molecule has 5 rings (SSSR count). The average Bonchev–Trinajstić information content (AvgIpc) is 3.50. The van der Waals surface area contributed by atoms with Crippen LogP contribution in [0.1, 0.15) is 10.5 Å². The van der Waals surface area contributed by atoms with Gasteiger partial charge in [0.15, 0.2) is 0 Å². The highest BCUT2D eigenvalue weighted by Crippen LogP contribution is 2.30. The van der Waals surface area contributed by atoms with Crippen LogP contribution in [-0.2, 0) is 7.05 Å². The fourth-order valence-electron chi connectivity index (χ4n) is 4.40. The minimum atomic E-state index is -0.0624. The molecular weight excluding hydrogens is 450 g/mol. The van der Waals surface area contributed by atoms with Gasteiger partial charge in [0.1, 0.15) is 17.1 Å². The third-order valence-corrected chi connectivity index (χ3v) is 6.53. The molecule has 0 spiro atoms. The van der Waals surface area contributed by atoms with Crippen LogP contribution in [0.25, 0.3) is 17.1 Å². The molecule has 4 aromatic rings. The van der Waals surface area contributed by atoms with E-state index in [2.05, 4.69) is 11.0 Å². The second-order valence-corrected chi connectivity index (χ2v) is 8.64. The molecule has 1 amide bonds. The molecule has 34 heavy (non-hydrogen) atoms. The predicted molar refractivity (Wildman–Crippen MR) is 134 cm³/mol. The quantitative estimate of drug-likeness (QED) is 0.426. The standard InChI is InChI=1S/C26H26ClN5O2/c1-29-13-7-11-22(29)20-18-24(32(28-20)21-9-4-3-8-19(21)27)26(33)31-16-14-30(15-17-31)23-10-5-6-12-25(23)34-2/h3-13,18H,14-17H2,1-2H3. The SMILES string of the molecule is COc1ccccc1N1CCN(C(=O)c2cc(-c3cccn3C)nn2-c2ccccc2Cl)CC1. The van der Waals surface area contributed by atoms with Crippen molar-refractivity contribution in [3.63, 3.8) is 0 Å². The molecule has 1 fully saturated rings. The van der Waals surface area contributed by atoms with E-state index in [0.29, 0.717) is 29.5 Å². The maximum atomic E-state index is 13.7. The molecular formula is C26H26ClN5O2. The van der Waals surface area contributed by atoms with Crippen molar-refractivity contribution in [1.82, 2.24) is 19.2 Å². The smallest absolute Gasteiger partial charge is 0.272 e. The number of rotatable bonds is 5. The van der Waals surface area contributed by atoms with Crippen LogP contribution in [0.4, 0.5) is 5.69 Å². The van der Waals surface area contributed by atoms with Crippen molar-refractivity contribution >= 4 is 23.2 Å². The van der Waals surface area contributed by atoms with Gasteiger partial charge < -0.3 is 19.1 Å². The number of aromatic nitrogens is 3. The third kappa shape index (κ3) is 4.03. The Hall–Kier alpha value is -3.71. The molecule has 7 nitrogen and oxygen atoms in total. The Kier molecular flexibility index (Phi) is 6.02. The van der Waals surface area contributed by atoms with Gasteiger partial charge in [-0.3, -0.25) is 4.79 Å². The van der Waals surface area contributed by atoms with Crippen molar-refractivity contribution in [3.8, 4) is 22.8 Å². The van der Waals surface area contributed by atoms with Gasteiger partial charge in [-0.05, 0) is 42.5 Å². The van der Waals surface area contributed by atoms with Gasteiger partial charge in [-0.1, -0.05) is 35.9 Å². The summed E-state index contributed by atoms with van der Waals surface area (Å²) in [6.45, 7) is 2.64. The van der Waals surface area contributed by atoms with Crippen LogP contribution in [0.5, 0.6) is 5.75 Å². The molecule has 0 radical (unpaired) electrons. The summed E-state index contributed by atoms with van der Waals surface area (Å²) in [5.74, 6) is 0.777. The molecule has 0 unspecified atom stereocenters. The lowest BCUT2D eigenvalue weighted by Crippen LogP contribution is -2.49. The number of ether oxygens (including phenoxy) is 1. The first-order valence-corrected chi connectivity index (χ1v) is 11.6. The number of piperazine rings is 1. The predicted octanol–water partition coefficient (Wildman–Crippen LogP) is 4.50. The van der Waals surface area contributed by atoms with Gasteiger partial charge in [-0.2, -0.15) is 5.10 Å². The average molecular weight is 476 g/mol. The largest absolute Gasteiger partial charge is 0.495 e. The van der Waals surface area contributed by atoms with Gasteiger partial charge in [-0.15, -0.1) is 0 Å². The first-order chi connectivity index (χ1) is 16.6. The van der Waals surface area contributed by atoms with Gasteiger partial charge in [0.05, 0.1) is 29.2 Å². The van der Waals surface area contributed by atoms with Crippen molar-refractivity contribution in [2.75, 3.05) is 38.2 Å². The normalized spacial score (nSPS) is 13.9. The summed E-state index contributed by atoms with van der Waals surface area (Å²) in [6.07, 6.45) is 1.96. The lowest BCUT2D eigenvalue weighted by atomic mass is 10.2. The molecule has 0 saturated carbocycles. The Morgan fingerprint density at radius 1 is 0.941 bits per heavy atom. The van der Waals surface area contributed by atoms with Crippen LogP contribution in [0.15, 0.2) is 72.9 Å². The van der Waals surface area contributed by atoms with Crippen LogP contribution < -0.4 is 9.64 Å². The molecule has 1 aliphatic rings. The molecule has 2 aromatic carbocycles. The fourth-order valence-corrected chi connectivity index (χ4v) is 4.61. The minimum Gasteiger partial charge on any atom is -0.495 e. The molecule has 8 heteroatoms. The lowest BCUT2D eigenvalue weighted by Gasteiger charge is -2.36. The number of amides is 1. The topological polar surface area (TPSA) is 55.5 Å². The molecule has 2 aromatic heterocycles. The highest BCUT2D eigenvalue weighted by molar-refractivity contribution is 6.32. The molecule has 0 atom stereocenters. The van der Waals surface area contributed by atoms with E-state index in [0.717, 1.165) is 35.9 Å². The number of benzene rings is 2. The van der Waals surface area contributed by atoms with E-state index in [1.54, 1.807) is 17.9 Å². The van der Waals surface area contributed by atoms with E-state index in [1.165, 1.54) is 0 Å². The third-order valence-electron chi connectivity index (χ3n) is 6.21. The Bertz CT molecular complexity index is 1320. The molecule has 174 valence electrons. The number of methoxy groups -OCH3 is 1. The zero-order valence-electron chi connectivity index (χ0n) is 19.2. The van der Waals surface area contributed by atoms with Crippen molar-refractivity contribution < 1.29 is 9.53 Å². The van der Waals surface area contributed by atoms with E-state index in [4.69, 9.17) is 21.4 Å². The molecule has 0 aliphatic carbocycles. The zero-order chi connectivity index (χ0) is 23.7. The summed E-state index contributed by atoms with van der Waals surface area (Å²) < 4.78 is 9.17. The summed E-state index contributed by atoms with van der Waals surface area (Å²) >= 11 is 6.49. The Morgan fingerprint density at radius 3 is 2.32 bits per heavy atom. The number of para-hydroxylation sites is 3. The van der Waals surface area contributed by atoms with E-state index in [-0.39, 0.29) is 5.91 Å². The number of anilines is 1. The van der Waals surface area contributed by atoms with Gasteiger partial charge in [-0.25, -0.2) is 4.68 Å². The molecule has 0 N–H and O–H groups in total. The van der Waals surface area contributed by atoms with E-state index >= 15 is 0 Å². The summed E-state index contributed by atoms with van der Waals surface area (Å²) in [5, 5.41) is 5.32. The second-order valence-electron chi connectivity index (χ2n) is 8.23. The van der Waals surface area contributed by atoms with Crippen molar-refractivity contribution in [1.29, 1.82) is 0 Å². The summed E-state index contributed by atoms with van der Waals surface area (Å²) in [5.41, 5.74) is 3.88. The lowest BCUT2D eigenvalue weighted by molar-refractivity contribution is 0.0737. The molecule has 3 heterocycles. The zero-order valence-corrected chi connectivity index (χ0v) is 19.9. The second kappa shape index (κ2) is 9.27. The van der Waals surface area contributed by atoms with Crippen LogP contribution in [0.3, 0.4) is 0 Å². The van der Waals surface area contributed by atoms with Crippen LogP contribution in [0, 0.1) is 0 Å². The van der Waals surface area contributed by atoms with E-state index < -0.39 is 0 Å².